The molecule has 24 heteroatoms. The van der Waals surface area contributed by atoms with Gasteiger partial charge in [-0.25, -0.2) is 33.7 Å². The summed E-state index contributed by atoms with van der Waals surface area (Å²) in [5.74, 6) is -1.56. The number of anilines is 4. The third-order valence-electron chi connectivity index (χ3n) is 11.2. The molecule has 0 amide bonds. The third-order valence-corrected chi connectivity index (χ3v) is 16.8. The summed E-state index contributed by atoms with van der Waals surface area (Å²) in [5.41, 5.74) is -1.28. The van der Waals surface area contributed by atoms with Crippen molar-refractivity contribution in [2.75, 3.05) is 73.8 Å². The molecule has 1 aliphatic rings. The maximum atomic E-state index is 14.9. The standard InChI is InChI=1S/C48H68N4O16S4/c1-9-13-17-21-65-41-29-42(66-22-18-14-10-2)46-31-45(41)69(53,54)49-33-25-34(38(62-6)27-37(33)61-5)51-71(57,58)47-32-48(44(68-24-20-16-12-4)30-43(47)67-23-19-15-11-3)72(59,60)52-36-26-35(50-70(46,55)56)39(63-7)28-40(36)64-8/h25-32,49-52H,9-24H2,1-8H3. The zero-order valence-electron chi connectivity index (χ0n) is 42.1. The van der Waals surface area contributed by atoms with Crippen molar-refractivity contribution in [3.05, 3.63) is 48.5 Å². The quantitative estimate of drug-likeness (QED) is 0.0476. The minimum absolute atomic E-state index is 0.0491. The van der Waals surface area contributed by atoms with Gasteiger partial charge in [0, 0.05) is 24.3 Å². The highest BCUT2D eigenvalue weighted by atomic mass is 32.2. The Morgan fingerprint density at radius 2 is 0.514 bits per heavy atom. The molecule has 0 unspecified atom stereocenters. The summed E-state index contributed by atoms with van der Waals surface area (Å²) in [6.45, 7) is 8.11. The fourth-order valence-corrected chi connectivity index (χ4v) is 12.4. The molecule has 4 aromatic carbocycles. The Balaban J connectivity index is 1.89. The number of hydrogen-bond donors (Lipinski definition) is 4. The smallest absolute Gasteiger partial charge is 0.265 e. The maximum absolute atomic E-state index is 14.9. The first-order valence-electron chi connectivity index (χ1n) is 23.8. The molecule has 20 nitrogen and oxygen atoms in total. The fourth-order valence-electron chi connectivity index (χ4n) is 7.39. The Morgan fingerprint density at radius 3 is 0.708 bits per heavy atom. The van der Waals surface area contributed by atoms with Crippen LogP contribution in [0.5, 0.6) is 46.0 Å². The second-order valence-electron chi connectivity index (χ2n) is 16.6. The van der Waals surface area contributed by atoms with E-state index in [2.05, 4.69) is 18.9 Å². The molecule has 400 valence electrons. The molecule has 0 saturated heterocycles. The van der Waals surface area contributed by atoms with Crippen molar-refractivity contribution in [3.63, 3.8) is 0 Å². The van der Waals surface area contributed by atoms with Crippen molar-refractivity contribution in [1.82, 2.24) is 0 Å². The van der Waals surface area contributed by atoms with Gasteiger partial charge in [-0.3, -0.25) is 18.9 Å². The van der Waals surface area contributed by atoms with Crippen LogP contribution in [-0.2, 0) is 40.1 Å². The maximum Gasteiger partial charge on any atom is 0.265 e. The lowest BCUT2D eigenvalue weighted by molar-refractivity contribution is 0.281. The molecule has 4 N–H and O–H groups in total. The number of methoxy groups -OCH3 is 4. The Bertz CT molecular complexity index is 2570. The highest BCUT2D eigenvalue weighted by molar-refractivity contribution is 7.94. The van der Waals surface area contributed by atoms with E-state index in [9.17, 15) is 33.7 Å². The number of benzene rings is 4. The van der Waals surface area contributed by atoms with E-state index < -0.39 is 59.7 Å². The molecule has 0 spiro atoms. The van der Waals surface area contributed by atoms with Crippen LogP contribution in [-0.4, -0.2) is 88.5 Å². The van der Waals surface area contributed by atoms with Crippen LogP contribution in [0.15, 0.2) is 68.1 Å². The van der Waals surface area contributed by atoms with Crippen molar-refractivity contribution in [2.24, 2.45) is 0 Å². The highest BCUT2D eigenvalue weighted by Crippen LogP contribution is 2.45. The van der Waals surface area contributed by atoms with E-state index in [0.29, 0.717) is 25.7 Å². The molecule has 0 radical (unpaired) electrons. The van der Waals surface area contributed by atoms with E-state index in [0.717, 1.165) is 75.6 Å². The summed E-state index contributed by atoms with van der Waals surface area (Å²) >= 11 is 0. The molecule has 0 saturated carbocycles. The Hall–Kier alpha value is -5.72. The van der Waals surface area contributed by atoms with Crippen LogP contribution in [0.25, 0.3) is 0 Å². The van der Waals surface area contributed by atoms with E-state index in [1.54, 1.807) is 0 Å². The lowest BCUT2D eigenvalue weighted by Crippen LogP contribution is -2.21. The average molecular weight is 1090 g/mol. The molecule has 0 aliphatic carbocycles. The number of rotatable bonds is 24. The number of ether oxygens (including phenoxy) is 8. The minimum Gasteiger partial charge on any atom is -0.494 e. The van der Waals surface area contributed by atoms with E-state index in [1.165, 1.54) is 52.7 Å². The minimum atomic E-state index is -4.90. The number of sulfonamides is 4. The summed E-state index contributed by atoms with van der Waals surface area (Å²) < 4.78 is 175. The van der Waals surface area contributed by atoms with Gasteiger partial charge < -0.3 is 37.9 Å². The molecule has 1 heterocycles. The summed E-state index contributed by atoms with van der Waals surface area (Å²) in [6.07, 6.45) is 8.35. The molecule has 0 aromatic heterocycles. The topological polar surface area (TPSA) is 259 Å². The van der Waals surface area contributed by atoms with Gasteiger partial charge in [0.1, 0.15) is 65.6 Å². The molecule has 72 heavy (non-hydrogen) atoms. The molecule has 8 bridgehead atoms. The van der Waals surface area contributed by atoms with Gasteiger partial charge in [0.05, 0.1) is 77.6 Å². The van der Waals surface area contributed by atoms with Crippen LogP contribution in [0.4, 0.5) is 22.7 Å². The first kappa shape index (κ1) is 57.2. The van der Waals surface area contributed by atoms with Crippen molar-refractivity contribution in [1.29, 1.82) is 0 Å². The fraction of sp³-hybridized carbons (Fsp3) is 0.500. The number of hydrogen-bond acceptors (Lipinski definition) is 16. The highest BCUT2D eigenvalue weighted by Gasteiger charge is 2.34. The number of fused-ring (bicyclic) bond motifs is 8. The molecule has 1 aliphatic heterocycles. The Kier molecular flexibility index (Phi) is 20.5. The van der Waals surface area contributed by atoms with Crippen molar-refractivity contribution >= 4 is 62.8 Å². The average Bonchev–Trinajstić information content (AvgIpc) is 3.33. The van der Waals surface area contributed by atoms with E-state index in [-0.39, 0.29) is 95.2 Å². The number of unbranched alkanes of at least 4 members (excludes halogenated alkanes) is 8. The summed E-state index contributed by atoms with van der Waals surface area (Å²) in [5, 5.41) is 0. The summed E-state index contributed by atoms with van der Waals surface area (Å²) in [7, 11) is -14.6. The summed E-state index contributed by atoms with van der Waals surface area (Å²) in [6, 6.07) is 8.75. The van der Waals surface area contributed by atoms with Crippen LogP contribution < -0.4 is 56.8 Å². The van der Waals surface area contributed by atoms with E-state index >= 15 is 0 Å². The Morgan fingerprint density at radius 1 is 0.306 bits per heavy atom. The molecule has 4 aromatic rings. The van der Waals surface area contributed by atoms with Crippen LogP contribution in [0.3, 0.4) is 0 Å². The van der Waals surface area contributed by atoms with Gasteiger partial charge in [0.15, 0.2) is 0 Å². The molecule has 0 atom stereocenters. The predicted molar refractivity (Wildman–Crippen MR) is 275 cm³/mol. The van der Waals surface area contributed by atoms with E-state index in [4.69, 9.17) is 37.9 Å². The lowest BCUT2D eigenvalue weighted by Gasteiger charge is -2.22. The van der Waals surface area contributed by atoms with Crippen LogP contribution in [0.2, 0.25) is 0 Å². The molecular formula is C48H68N4O16S4. The molecular weight excluding hydrogens is 1020 g/mol. The monoisotopic (exact) mass is 1080 g/mol. The Labute approximate surface area is 425 Å². The van der Waals surface area contributed by atoms with Gasteiger partial charge in [0.2, 0.25) is 0 Å². The van der Waals surface area contributed by atoms with Gasteiger partial charge in [-0.2, -0.15) is 0 Å². The van der Waals surface area contributed by atoms with Crippen molar-refractivity contribution < 1.29 is 71.6 Å². The summed E-state index contributed by atoms with van der Waals surface area (Å²) in [4.78, 5) is -2.56. The predicted octanol–water partition coefficient (Wildman–Crippen LogP) is 9.51. The van der Waals surface area contributed by atoms with Crippen LogP contribution >= 0.6 is 0 Å². The second kappa shape index (κ2) is 25.8. The molecule has 5 rings (SSSR count). The SMILES string of the molecule is CCCCCOc1cc(OCCCCC)c2cc1S(=O)(=O)Nc1cc(c(OC)cc1OC)NS(=O)(=O)c1cc(c(OCCCCC)cc1OCCCCC)S(=O)(=O)Nc1cc(c(OC)cc1OC)NS2(=O)=O. The van der Waals surface area contributed by atoms with Crippen molar-refractivity contribution in [3.8, 4) is 46.0 Å². The van der Waals surface area contributed by atoms with Gasteiger partial charge >= 0.3 is 0 Å². The first-order valence-corrected chi connectivity index (χ1v) is 29.8. The third kappa shape index (κ3) is 14.3. The zero-order valence-corrected chi connectivity index (χ0v) is 45.4. The van der Waals surface area contributed by atoms with Gasteiger partial charge in [0.25, 0.3) is 40.1 Å². The largest absolute Gasteiger partial charge is 0.494 e. The second-order valence-corrected chi connectivity index (χ2v) is 23.2. The molecule has 0 fully saturated rings. The van der Waals surface area contributed by atoms with Gasteiger partial charge in [-0.05, 0) is 49.9 Å². The van der Waals surface area contributed by atoms with Crippen LogP contribution in [0, 0.1) is 0 Å². The van der Waals surface area contributed by atoms with Gasteiger partial charge in [-0.1, -0.05) is 79.1 Å². The normalized spacial score (nSPS) is 15.2. The lowest BCUT2D eigenvalue weighted by atomic mass is 10.2. The van der Waals surface area contributed by atoms with Crippen LogP contribution in [0.1, 0.15) is 105 Å². The number of nitrogens with one attached hydrogen (secondary N) is 4. The zero-order chi connectivity index (χ0) is 52.7. The van der Waals surface area contributed by atoms with Gasteiger partial charge in [-0.15, -0.1) is 0 Å². The first-order chi connectivity index (χ1) is 34.3. The van der Waals surface area contributed by atoms with Crippen molar-refractivity contribution in [2.45, 2.75) is 124 Å². The van der Waals surface area contributed by atoms with E-state index in [1.807, 2.05) is 27.7 Å².